The number of fused-ring (bicyclic) bond motifs is 3. The van der Waals surface area contributed by atoms with E-state index in [9.17, 15) is 22.8 Å². The minimum atomic E-state index is -1.13. The topological polar surface area (TPSA) is 74.4 Å². The van der Waals surface area contributed by atoms with Crippen molar-refractivity contribution in [2.75, 3.05) is 19.0 Å². The smallest absolute Gasteiger partial charge is 0.322 e. The van der Waals surface area contributed by atoms with E-state index in [1.165, 1.54) is 36.2 Å². The number of nitrogens with one attached hydrogen (secondary N) is 2. The molecule has 0 saturated carbocycles. The van der Waals surface area contributed by atoms with Gasteiger partial charge in [-0.3, -0.25) is 4.79 Å². The molecule has 0 unspecified atom stereocenters. The van der Waals surface area contributed by atoms with Crippen molar-refractivity contribution in [2.24, 2.45) is 0 Å². The van der Waals surface area contributed by atoms with Crippen LogP contribution in [0, 0.1) is 17.5 Å². The fourth-order valence-corrected chi connectivity index (χ4v) is 3.43. The van der Waals surface area contributed by atoms with Gasteiger partial charge >= 0.3 is 6.03 Å². The molecule has 2 heterocycles. The first kappa shape index (κ1) is 19.0. The highest BCUT2D eigenvalue weighted by molar-refractivity contribution is 5.91. The van der Waals surface area contributed by atoms with Gasteiger partial charge in [0.05, 0.1) is 24.6 Å². The molecule has 3 aromatic rings. The summed E-state index contributed by atoms with van der Waals surface area (Å²) < 4.78 is 46.1. The first-order chi connectivity index (χ1) is 13.8. The Balaban J connectivity index is 1.74. The van der Waals surface area contributed by atoms with Crippen LogP contribution in [0.4, 0.5) is 23.7 Å². The second kappa shape index (κ2) is 7.25. The average Bonchev–Trinajstić information content (AvgIpc) is 2.70. The maximum atomic E-state index is 13.9. The number of amides is 2. The van der Waals surface area contributed by atoms with Gasteiger partial charge in [0.25, 0.3) is 5.56 Å². The van der Waals surface area contributed by atoms with Crippen molar-refractivity contribution < 1.29 is 22.7 Å². The molecule has 0 spiro atoms. The highest BCUT2D eigenvalue weighted by Gasteiger charge is 2.31. The molecule has 1 aliphatic rings. The summed E-state index contributed by atoms with van der Waals surface area (Å²) in [5.74, 6) is -2.65. The first-order valence-corrected chi connectivity index (χ1v) is 8.76. The Morgan fingerprint density at radius 3 is 2.48 bits per heavy atom. The van der Waals surface area contributed by atoms with E-state index in [-0.39, 0.29) is 24.0 Å². The number of urea groups is 1. The van der Waals surface area contributed by atoms with Crippen LogP contribution >= 0.6 is 0 Å². The number of pyridine rings is 1. The van der Waals surface area contributed by atoms with E-state index in [1.54, 1.807) is 0 Å². The zero-order valence-corrected chi connectivity index (χ0v) is 15.3. The van der Waals surface area contributed by atoms with Gasteiger partial charge in [-0.05, 0) is 41.8 Å². The van der Waals surface area contributed by atoms with Crippen LogP contribution in [0.15, 0.2) is 41.2 Å². The zero-order valence-electron chi connectivity index (χ0n) is 15.3. The van der Waals surface area contributed by atoms with E-state index in [2.05, 4.69) is 10.3 Å². The van der Waals surface area contributed by atoms with Crippen LogP contribution in [-0.4, -0.2) is 29.6 Å². The Morgan fingerprint density at radius 1 is 1.14 bits per heavy atom. The number of likely N-dealkylation sites (N-methyl/N-ethyl adjacent to an activating group) is 1. The molecule has 29 heavy (non-hydrogen) atoms. The number of aromatic amines is 1. The SMILES string of the molecule is CN(C(=O)Nc1ccc(F)cc1)[C@H]1COCc2[nH]c(=O)c3cc(F)c(F)cc3c21. The number of carbonyl (C=O) groups excluding carboxylic acids is 1. The third-order valence-electron chi connectivity index (χ3n) is 4.92. The van der Waals surface area contributed by atoms with Crippen molar-refractivity contribution >= 4 is 22.5 Å². The summed E-state index contributed by atoms with van der Waals surface area (Å²) in [6, 6.07) is 5.88. The Labute approximate surface area is 162 Å². The Hall–Kier alpha value is -3.33. The number of halogens is 3. The standard InChI is InChI=1S/C20H16F3N3O3/c1-26(20(28)24-11-4-2-10(21)3-5-11)17-9-29-8-16-18(17)12-6-14(22)15(23)7-13(12)19(27)25-16/h2-7,17H,8-9H2,1H3,(H,24,28)(H,25,27)/t17-/m0/s1. The second-order valence-electron chi connectivity index (χ2n) is 6.74. The Morgan fingerprint density at radius 2 is 1.79 bits per heavy atom. The average molecular weight is 403 g/mol. The van der Waals surface area contributed by atoms with Crippen LogP contribution in [0.3, 0.4) is 0 Å². The first-order valence-electron chi connectivity index (χ1n) is 8.76. The normalized spacial score (nSPS) is 15.8. The third-order valence-corrected chi connectivity index (χ3v) is 4.92. The highest BCUT2D eigenvalue weighted by atomic mass is 19.2. The molecule has 1 aromatic heterocycles. The minimum absolute atomic E-state index is 0.0121. The molecule has 1 atom stereocenters. The summed E-state index contributed by atoms with van der Waals surface area (Å²) in [6.45, 7) is 0.171. The summed E-state index contributed by atoms with van der Waals surface area (Å²) >= 11 is 0. The van der Waals surface area contributed by atoms with Crippen molar-refractivity contribution in [1.29, 1.82) is 0 Å². The molecule has 0 fully saturated rings. The lowest BCUT2D eigenvalue weighted by Gasteiger charge is -2.33. The summed E-state index contributed by atoms with van der Waals surface area (Å²) in [6.07, 6.45) is 0. The van der Waals surface area contributed by atoms with Crippen LogP contribution in [0.2, 0.25) is 0 Å². The number of hydrogen-bond donors (Lipinski definition) is 2. The number of aromatic nitrogens is 1. The molecule has 0 aliphatic carbocycles. The van der Waals surface area contributed by atoms with E-state index >= 15 is 0 Å². The fourth-order valence-electron chi connectivity index (χ4n) is 3.43. The lowest BCUT2D eigenvalue weighted by atomic mass is 9.95. The number of hydrogen-bond acceptors (Lipinski definition) is 3. The largest absolute Gasteiger partial charge is 0.373 e. The van der Waals surface area contributed by atoms with Gasteiger partial charge in [0.15, 0.2) is 11.6 Å². The molecule has 2 aromatic carbocycles. The summed E-state index contributed by atoms with van der Waals surface area (Å²) in [5, 5.41) is 2.84. The Kier molecular flexibility index (Phi) is 4.75. The lowest BCUT2D eigenvalue weighted by molar-refractivity contribution is 0.0527. The number of carbonyl (C=O) groups is 1. The molecule has 9 heteroatoms. The number of rotatable bonds is 2. The Bertz CT molecular complexity index is 1160. The lowest BCUT2D eigenvalue weighted by Crippen LogP contribution is -2.39. The van der Waals surface area contributed by atoms with Crippen molar-refractivity contribution in [1.82, 2.24) is 9.88 Å². The van der Waals surface area contributed by atoms with Gasteiger partial charge in [0, 0.05) is 24.0 Å². The molecule has 0 radical (unpaired) electrons. The molecular formula is C20H16F3N3O3. The van der Waals surface area contributed by atoms with Crippen LogP contribution < -0.4 is 10.9 Å². The van der Waals surface area contributed by atoms with E-state index in [0.717, 1.165) is 12.1 Å². The van der Waals surface area contributed by atoms with Gasteiger partial charge in [0.2, 0.25) is 0 Å². The quantitative estimate of drug-likeness (QED) is 0.686. The van der Waals surface area contributed by atoms with Gasteiger partial charge in [-0.15, -0.1) is 0 Å². The number of anilines is 1. The predicted octanol–water partition coefficient (Wildman–Crippen LogP) is 3.68. The van der Waals surface area contributed by atoms with E-state index < -0.39 is 35.1 Å². The van der Waals surface area contributed by atoms with Gasteiger partial charge in [-0.25, -0.2) is 18.0 Å². The maximum absolute atomic E-state index is 13.9. The van der Waals surface area contributed by atoms with Gasteiger partial charge in [-0.2, -0.15) is 0 Å². The van der Waals surface area contributed by atoms with Crippen LogP contribution in [0.5, 0.6) is 0 Å². The van der Waals surface area contributed by atoms with E-state index in [1.807, 2.05) is 0 Å². The van der Waals surface area contributed by atoms with Crippen LogP contribution in [0.1, 0.15) is 17.3 Å². The molecule has 2 amide bonds. The maximum Gasteiger partial charge on any atom is 0.322 e. The summed E-state index contributed by atoms with van der Waals surface area (Å²) in [4.78, 5) is 28.9. The zero-order chi connectivity index (χ0) is 20.7. The third kappa shape index (κ3) is 3.44. The summed E-state index contributed by atoms with van der Waals surface area (Å²) in [5.41, 5.74) is 0.702. The van der Waals surface area contributed by atoms with E-state index in [0.29, 0.717) is 16.9 Å². The minimum Gasteiger partial charge on any atom is -0.373 e. The molecule has 6 nitrogen and oxygen atoms in total. The molecule has 2 N–H and O–H groups in total. The van der Waals surface area contributed by atoms with Gasteiger partial charge in [0.1, 0.15) is 5.82 Å². The highest BCUT2D eigenvalue weighted by Crippen LogP contribution is 2.33. The number of ether oxygens (including phenoxy) is 1. The molecule has 0 saturated heterocycles. The summed E-state index contributed by atoms with van der Waals surface area (Å²) in [7, 11) is 1.51. The van der Waals surface area contributed by atoms with Crippen LogP contribution in [-0.2, 0) is 11.3 Å². The second-order valence-corrected chi connectivity index (χ2v) is 6.74. The number of nitrogens with zero attached hydrogens (tertiary/aromatic N) is 1. The molecule has 150 valence electrons. The number of benzene rings is 2. The van der Waals surface area contributed by atoms with Crippen LogP contribution in [0.25, 0.3) is 10.8 Å². The van der Waals surface area contributed by atoms with Crippen molar-refractivity contribution in [3.8, 4) is 0 Å². The van der Waals surface area contributed by atoms with Gasteiger partial charge < -0.3 is 19.9 Å². The monoisotopic (exact) mass is 403 g/mol. The molecule has 0 bridgehead atoms. The van der Waals surface area contributed by atoms with Gasteiger partial charge in [-0.1, -0.05) is 0 Å². The molecule has 1 aliphatic heterocycles. The van der Waals surface area contributed by atoms with Crippen molar-refractivity contribution in [2.45, 2.75) is 12.6 Å². The van der Waals surface area contributed by atoms with Crippen molar-refractivity contribution in [3.63, 3.8) is 0 Å². The predicted molar refractivity (Wildman–Crippen MR) is 100 cm³/mol. The number of H-pyrrole nitrogens is 1. The van der Waals surface area contributed by atoms with E-state index in [4.69, 9.17) is 4.74 Å². The molecular weight excluding hydrogens is 387 g/mol. The van der Waals surface area contributed by atoms with Crippen molar-refractivity contribution in [3.05, 3.63) is 75.5 Å². The fraction of sp³-hybridized carbons (Fsp3) is 0.200. The molecule has 4 rings (SSSR count).